The van der Waals surface area contributed by atoms with Crippen LogP contribution in [-0.2, 0) is 9.53 Å². The van der Waals surface area contributed by atoms with Crippen molar-refractivity contribution in [3.63, 3.8) is 0 Å². The first-order chi connectivity index (χ1) is 14.0. The summed E-state index contributed by atoms with van der Waals surface area (Å²) >= 11 is 6.03. The lowest BCUT2D eigenvalue weighted by Crippen LogP contribution is -2.22. The van der Waals surface area contributed by atoms with E-state index in [4.69, 9.17) is 20.8 Å². The molecule has 0 bridgehead atoms. The Morgan fingerprint density at radius 2 is 2.07 bits per heavy atom. The summed E-state index contributed by atoms with van der Waals surface area (Å²) in [6, 6.07) is 12.2. The summed E-state index contributed by atoms with van der Waals surface area (Å²) in [6.45, 7) is 1.28. The predicted molar refractivity (Wildman–Crippen MR) is 106 cm³/mol. The van der Waals surface area contributed by atoms with Gasteiger partial charge in [0.1, 0.15) is 18.2 Å². The topological polar surface area (TPSA) is 99.2 Å². The van der Waals surface area contributed by atoms with Crippen LogP contribution in [0.25, 0.3) is 16.7 Å². The first-order valence-electron chi connectivity index (χ1n) is 8.62. The molecule has 0 aliphatic heterocycles. The third kappa shape index (κ3) is 3.83. The summed E-state index contributed by atoms with van der Waals surface area (Å²) in [6.07, 6.45) is 2.86. The molecule has 0 atom stereocenters. The number of aromatic nitrogens is 3. The SMILES string of the molecule is Cc1c(C(=O)OCC(=O)Nc2cc(Cl)ccc2-n2cncn2)oc2ccccc12. The molecule has 0 aliphatic carbocycles. The van der Waals surface area contributed by atoms with Crippen molar-refractivity contribution in [2.75, 3.05) is 11.9 Å². The largest absolute Gasteiger partial charge is 0.450 e. The Hall–Kier alpha value is -3.65. The molecule has 0 aliphatic rings. The van der Waals surface area contributed by atoms with Crippen LogP contribution in [0.5, 0.6) is 0 Å². The van der Waals surface area contributed by atoms with Crippen LogP contribution in [0.15, 0.2) is 59.5 Å². The maximum absolute atomic E-state index is 12.4. The molecular formula is C20H15ClN4O4. The fraction of sp³-hybridized carbons (Fsp3) is 0.100. The average molecular weight is 411 g/mol. The van der Waals surface area contributed by atoms with E-state index in [1.165, 1.54) is 17.3 Å². The molecule has 0 saturated heterocycles. The minimum absolute atomic E-state index is 0.0741. The molecule has 0 unspecified atom stereocenters. The van der Waals surface area contributed by atoms with Gasteiger partial charge in [0.05, 0.1) is 11.4 Å². The molecule has 4 aromatic rings. The summed E-state index contributed by atoms with van der Waals surface area (Å²) in [5.41, 5.74) is 2.22. The van der Waals surface area contributed by atoms with E-state index in [2.05, 4.69) is 15.4 Å². The van der Waals surface area contributed by atoms with Crippen LogP contribution < -0.4 is 5.32 Å². The number of benzene rings is 2. The number of fused-ring (bicyclic) bond motifs is 1. The second-order valence-corrected chi connectivity index (χ2v) is 6.61. The second kappa shape index (κ2) is 7.76. The Kier molecular flexibility index (Phi) is 5.01. The smallest absolute Gasteiger partial charge is 0.375 e. The fourth-order valence-corrected chi connectivity index (χ4v) is 3.06. The number of esters is 1. The molecule has 2 aromatic heterocycles. The summed E-state index contributed by atoms with van der Waals surface area (Å²) in [4.78, 5) is 28.6. The van der Waals surface area contributed by atoms with Gasteiger partial charge < -0.3 is 14.5 Å². The van der Waals surface area contributed by atoms with E-state index in [9.17, 15) is 9.59 Å². The van der Waals surface area contributed by atoms with E-state index in [0.717, 1.165) is 5.39 Å². The number of rotatable bonds is 5. The van der Waals surface area contributed by atoms with Crippen molar-refractivity contribution in [3.8, 4) is 5.69 Å². The molecule has 2 heterocycles. The lowest BCUT2D eigenvalue weighted by Gasteiger charge is -2.11. The number of nitrogens with zero attached hydrogens (tertiary/aromatic N) is 3. The third-order valence-electron chi connectivity index (χ3n) is 4.26. The van der Waals surface area contributed by atoms with Gasteiger partial charge in [-0.2, -0.15) is 5.10 Å². The van der Waals surface area contributed by atoms with Crippen LogP contribution in [0.3, 0.4) is 0 Å². The molecule has 8 nitrogen and oxygen atoms in total. The van der Waals surface area contributed by atoms with Crippen molar-refractivity contribution in [3.05, 3.63) is 71.5 Å². The molecular weight excluding hydrogens is 396 g/mol. The molecule has 0 spiro atoms. The van der Waals surface area contributed by atoms with Crippen molar-refractivity contribution in [2.45, 2.75) is 6.92 Å². The van der Waals surface area contributed by atoms with Gasteiger partial charge in [-0.25, -0.2) is 14.5 Å². The van der Waals surface area contributed by atoms with Crippen LogP contribution >= 0.6 is 11.6 Å². The van der Waals surface area contributed by atoms with Crippen LogP contribution in [-0.4, -0.2) is 33.2 Å². The number of furan rings is 1. The quantitative estimate of drug-likeness (QED) is 0.503. The zero-order valence-corrected chi connectivity index (χ0v) is 16.0. The van der Waals surface area contributed by atoms with Crippen molar-refractivity contribution < 1.29 is 18.7 Å². The summed E-state index contributed by atoms with van der Waals surface area (Å²) in [7, 11) is 0. The summed E-state index contributed by atoms with van der Waals surface area (Å²) in [5, 5.41) is 7.96. The number of aryl methyl sites for hydroxylation is 1. The Bertz CT molecular complexity index is 1200. The molecule has 0 saturated carbocycles. The number of ether oxygens (including phenoxy) is 1. The van der Waals surface area contributed by atoms with Crippen molar-refractivity contribution in [2.24, 2.45) is 0 Å². The van der Waals surface area contributed by atoms with E-state index >= 15 is 0 Å². The molecule has 2 aromatic carbocycles. The molecule has 146 valence electrons. The zero-order valence-electron chi connectivity index (χ0n) is 15.3. The Balaban J connectivity index is 1.46. The van der Waals surface area contributed by atoms with E-state index in [0.29, 0.717) is 27.5 Å². The highest BCUT2D eigenvalue weighted by Gasteiger charge is 2.20. The van der Waals surface area contributed by atoms with Gasteiger partial charge in [-0.05, 0) is 31.2 Å². The average Bonchev–Trinajstić information content (AvgIpc) is 3.35. The molecule has 29 heavy (non-hydrogen) atoms. The minimum Gasteiger partial charge on any atom is -0.450 e. The summed E-state index contributed by atoms with van der Waals surface area (Å²) in [5.74, 6) is -1.17. The van der Waals surface area contributed by atoms with E-state index in [1.54, 1.807) is 31.2 Å². The number of halogens is 1. The van der Waals surface area contributed by atoms with Crippen LogP contribution in [0.4, 0.5) is 5.69 Å². The van der Waals surface area contributed by atoms with E-state index < -0.39 is 18.5 Å². The van der Waals surface area contributed by atoms with Gasteiger partial charge in [0.25, 0.3) is 5.91 Å². The Morgan fingerprint density at radius 3 is 2.83 bits per heavy atom. The minimum atomic E-state index is -0.712. The zero-order chi connectivity index (χ0) is 20.4. The van der Waals surface area contributed by atoms with Gasteiger partial charge in [-0.3, -0.25) is 4.79 Å². The molecule has 9 heteroatoms. The first-order valence-corrected chi connectivity index (χ1v) is 9.00. The molecule has 1 amide bonds. The predicted octanol–water partition coefficient (Wildman–Crippen LogP) is 3.77. The fourth-order valence-electron chi connectivity index (χ4n) is 2.89. The van der Waals surface area contributed by atoms with Gasteiger partial charge in [0.15, 0.2) is 6.61 Å². The van der Waals surface area contributed by atoms with Crippen molar-refractivity contribution in [1.82, 2.24) is 14.8 Å². The lowest BCUT2D eigenvalue weighted by atomic mass is 10.1. The van der Waals surface area contributed by atoms with Crippen LogP contribution in [0, 0.1) is 6.92 Å². The highest BCUT2D eigenvalue weighted by Crippen LogP contribution is 2.26. The molecule has 0 fully saturated rings. The van der Waals surface area contributed by atoms with Gasteiger partial charge >= 0.3 is 5.97 Å². The number of carbonyl (C=O) groups excluding carboxylic acids is 2. The number of amides is 1. The van der Waals surface area contributed by atoms with Gasteiger partial charge in [-0.15, -0.1) is 0 Å². The van der Waals surface area contributed by atoms with Crippen molar-refractivity contribution in [1.29, 1.82) is 0 Å². The number of para-hydroxylation sites is 1. The molecule has 0 radical (unpaired) electrons. The second-order valence-electron chi connectivity index (χ2n) is 6.18. The standard InChI is InChI=1S/C20H15ClN4O4/c1-12-14-4-2-3-5-17(14)29-19(12)20(27)28-9-18(26)24-15-8-13(21)6-7-16(15)25-11-22-10-23-25/h2-8,10-11H,9H2,1H3,(H,24,26). The summed E-state index contributed by atoms with van der Waals surface area (Å²) < 4.78 is 12.2. The van der Waals surface area contributed by atoms with Gasteiger partial charge in [-0.1, -0.05) is 29.8 Å². The number of nitrogens with one attached hydrogen (secondary N) is 1. The third-order valence-corrected chi connectivity index (χ3v) is 4.50. The maximum Gasteiger partial charge on any atom is 0.375 e. The van der Waals surface area contributed by atoms with Crippen molar-refractivity contribution >= 4 is 40.1 Å². The highest BCUT2D eigenvalue weighted by molar-refractivity contribution is 6.31. The Labute approximate surface area is 170 Å². The molecule has 1 N–H and O–H groups in total. The van der Waals surface area contributed by atoms with Gasteiger partial charge in [0.2, 0.25) is 5.76 Å². The monoisotopic (exact) mass is 410 g/mol. The number of hydrogen-bond acceptors (Lipinski definition) is 6. The van der Waals surface area contributed by atoms with Crippen LogP contribution in [0.2, 0.25) is 5.02 Å². The van der Waals surface area contributed by atoms with E-state index in [1.807, 2.05) is 18.2 Å². The molecule has 4 rings (SSSR count). The van der Waals surface area contributed by atoms with Gasteiger partial charge in [0, 0.05) is 16.0 Å². The maximum atomic E-state index is 12.4. The first kappa shape index (κ1) is 18.7. The van der Waals surface area contributed by atoms with Crippen LogP contribution in [0.1, 0.15) is 16.1 Å². The normalized spacial score (nSPS) is 10.8. The number of carbonyl (C=O) groups is 2. The Morgan fingerprint density at radius 1 is 1.24 bits per heavy atom. The van der Waals surface area contributed by atoms with E-state index in [-0.39, 0.29) is 5.76 Å². The number of hydrogen-bond donors (Lipinski definition) is 1. The highest BCUT2D eigenvalue weighted by atomic mass is 35.5. The number of anilines is 1. The lowest BCUT2D eigenvalue weighted by molar-refractivity contribution is -0.119.